The number of carbonyl (C=O) groups excluding carboxylic acids is 1. The van der Waals surface area contributed by atoms with Gasteiger partial charge in [0.15, 0.2) is 17.6 Å². The van der Waals surface area contributed by atoms with Crippen molar-refractivity contribution in [3.63, 3.8) is 0 Å². The zero-order chi connectivity index (χ0) is 17.9. The summed E-state index contributed by atoms with van der Waals surface area (Å²) in [6.45, 7) is 0.907. The Kier molecular flexibility index (Phi) is 4.69. The van der Waals surface area contributed by atoms with Gasteiger partial charge in [-0.25, -0.2) is 4.79 Å². The van der Waals surface area contributed by atoms with Crippen molar-refractivity contribution in [1.82, 2.24) is 4.90 Å². The predicted octanol–water partition coefficient (Wildman–Crippen LogP) is 3.87. The number of carbonyl (C=O) groups is 1. The second-order valence-corrected chi connectivity index (χ2v) is 6.96. The fourth-order valence-corrected chi connectivity index (χ4v) is 3.65. The number of urea groups is 1. The van der Waals surface area contributed by atoms with Crippen LogP contribution in [-0.2, 0) is 12.8 Å². The number of aryl methyl sites for hydroxylation is 1. The van der Waals surface area contributed by atoms with Crippen LogP contribution in [0.15, 0.2) is 42.5 Å². The Labute approximate surface area is 153 Å². The van der Waals surface area contributed by atoms with E-state index >= 15 is 0 Å². The van der Waals surface area contributed by atoms with Crippen LogP contribution in [0.3, 0.4) is 0 Å². The summed E-state index contributed by atoms with van der Waals surface area (Å²) < 4.78 is 11.7. The summed E-state index contributed by atoms with van der Waals surface area (Å²) >= 11 is 0. The number of amides is 2. The van der Waals surface area contributed by atoms with Crippen LogP contribution >= 0.6 is 0 Å². The molecule has 2 aromatic rings. The van der Waals surface area contributed by atoms with Crippen LogP contribution in [0.1, 0.15) is 24.0 Å². The first-order chi connectivity index (χ1) is 12.7. The largest absolute Gasteiger partial charge is 0.486 e. The average Bonchev–Trinajstić information content (AvgIpc) is 2.68. The smallest absolute Gasteiger partial charge is 0.321 e. The van der Waals surface area contributed by atoms with E-state index < -0.39 is 0 Å². The van der Waals surface area contributed by atoms with Crippen LogP contribution in [0, 0.1) is 0 Å². The topological polar surface area (TPSA) is 50.8 Å². The lowest BCUT2D eigenvalue weighted by Gasteiger charge is -2.30. The highest BCUT2D eigenvalue weighted by molar-refractivity contribution is 5.90. The molecule has 1 unspecified atom stereocenters. The molecule has 4 rings (SSSR count). The number of nitrogens with one attached hydrogen (secondary N) is 1. The first-order valence-corrected chi connectivity index (χ1v) is 9.22. The van der Waals surface area contributed by atoms with Gasteiger partial charge in [0.2, 0.25) is 0 Å². The highest BCUT2D eigenvalue weighted by atomic mass is 16.6. The summed E-state index contributed by atoms with van der Waals surface area (Å²) in [5.74, 6) is 1.49. The number of nitrogens with zero attached hydrogens (tertiary/aromatic N) is 1. The number of para-hydroxylation sites is 2. The van der Waals surface area contributed by atoms with Gasteiger partial charge in [-0.15, -0.1) is 0 Å². The number of benzene rings is 2. The highest BCUT2D eigenvalue weighted by Gasteiger charge is 2.24. The standard InChI is InChI=1S/C21H24N2O3/c1-23(13-16-14-25-19-11-4-5-12-20(19)26-16)21(24)22-18-10-6-8-15-7-2-3-9-17(15)18/h4-6,8,10-12,16H,2-3,7,9,13-14H2,1H3,(H,22,24). The molecule has 1 atom stereocenters. The summed E-state index contributed by atoms with van der Waals surface area (Å²) in [6, 6.07) is 13.7. The maximum absolute atomic E-state index is 12.6. The molecule has 1 N–H and O–H groups in total. The molecule has 0 aromatic heterocycles. The van der Waals surface area contributed by atoms with Crippen LogP contribution in [0.5, 0.6) is 11.5 Å². The third-order valence-corrected chi connectivity index (χ3v) is 5.03. The number of fused-ring (bicyclic) bond motifs is 2. The second kappa shape index (κ2) is 7.28. The summed E-state index contributed by atoms with van der Waals surface area (Å²) in [5.41, 5.74) is 3.58. The molecular formula is C21H24N2O3. The molecule has 0 saturated heterocycles. The molecule has 5 heteroatoms. The summed E-state index contributed by atoms with van der Waals surface area (Å²) in [7, 11) is 1.79. The van der Waals surface area contributed by atoms with Gasteiger partial charge in [0.05, 0.1) is 6.54 Å². The Morgan fingerprint density at radius 2 is 1.92 bits per heavy atom. The van der Waals surface area contributed by atoms with Gasteiger partial charge in [-0.1, -0.05) is 24.3 Å². The molecule has 5 nitrogen and oxygen atoms in total. The van der Waals surface area contributed by atoms with Gasteiger partial charge >= 0.3 is 6.03 Å². The number of rotatable bonds is 3. The molecule has 0 saturated carbocycles. The maximum Gasteiger partial charge on any atom is 0.321 e. The van der Waals surface area contributed by atoms with Gasteiger partial charge in [0.1, 0.15) is 6.61 Å². The van der Waals surface area contributed by atoms with Crippen molar-refractivity contribution < 1.29 is 14.3 Å². The lowest BCUT2D eigenvalue weighted by atomic mass is 9.90. The highest BCUT2D eigenvalue weighted by Crippen LogP contribution is 2.31. The first-order valence-electron chi connectivity index (χ1n) is 9.22. The molecule has 0 spiro atoms. The lowest BCUT2D eigenvalue weighted by molar-refractivity contribution is 0.0731. The molecule has 2 aliphatic rings. The number of likely N-dealkylation sites (N-methyl/N-ethyl adjacent to an activating group) is 1. The Hall–Kier alpha value is -2.69. The molecule has 0 fully saturated rings. The van der Waals surface area contributed by atoms with E-state index in [9.17, 15) is 4.79 Å². The van der Waals surface area contributed by atoms with E-state index in [1.165, 1.54) is 24.0 Å². The molecule has 2 aromatic carbocycles. The number of hydrogen-bond donors (Lipinski definition) is 1. The van der Waals surface area contributed by atoms with Gasteiger partial charge in [-0.3, -0.25) is 0 Å². The van der Waals surface area contributed by atoms with Gasteiger partial charge in [-0.05, 0) is 55.0 Å². The normalized spacial score (nSPS) is 18.0. The fourth-order valence-electron chi connectivity index (χ4n) is 3.65. The molecule has 1 aliphatic heterocycles. The van der Waals surface area contributed by atoms with Crippen molar-refractivity contribution in [2.75, 3.05) is 25.5 Å². The van der Waals surface area contributed by atoms with E-state index in [4.69, 9.17) is 9.47 Å². The van der Waals surface area contributed by atoms with Crippen LogP contribution in [-0.4, -0.2) is 37.2 Å². The molecule has 26 heavy (non-hydrogen) atoms. The number of hydrogen-bond acceptors (Lipinski definition) is 3. The zero-order valence-electron chi connectivity index (χ0n) is 15.0. The van der Waals surface area contributed by atoms with E-state index in [0.717, 1.165) is 30.0 Å². The molecule has 1 aliphatic carbocycles. The first kappa shape index (κ1) is 16.8. The quantitative estimate of drug-likeness (QED) is 0.912. The third kappa shape index (κ3) is 3.47. The van der Waals surface area contributed by atoms with Crippen LogP contribution in [0.25, 0.3) is 0 Å². The lowest BCUT2D eigenvalue weighted by Crippen LogP contribution is -2.43. The monoisotopic (exact) mass is 352 g/mol. The van der Waals surface area contributed by atoms with Gasteiger partial charge in [-0.2, -0.15) is 0 Å². The SMILES string of the molecule is CN(CC1COc2ccccc2O1)C(=O)Nc1cccc2c1CCCC2. The zero-order valence-corrected chi connectivity index (χ0v) is 15.0. The number of ether oxygens (including phenoxy) is 2. The van der Waals surface area contributed by atoms with Crippen molar-refractivity contribution in [1.29, 1.82) is 0 Å². The summed E-state index contributed by atoms with van der Waals surface area (Å²) in [4.78, 5) is 14.3. The number of anilines is 1. The maximum atomic E-state index is 12.6. The van der Waals surface area contributed by atoms with Gasteiger partial charge < -0.3 is 19.7 Å². The molecule has 2 amide bonds. The van der Waals surface area contributed by atoms with E-state index in [1.54, 1.807) is 11.9 Å². The van der Waals surface area contributed by atoms with Crippen molar-refractivity contribution >= 4 is 11.7 Å². The minimum absolute atomic E-state index is 0.119. The molecule has 1 heterocycles. The van der Waals surface area contributed by atoms with Crippen LogP contribution in [0.2, 0.25) is 0 Å². The van der Waals surface area contributed by atoms with Crippen molar-refractivity contribution in [3.8, 4) is 11.5 Å². The van der Waals surface area contributed by atoms with Crippen molar-refractivity contribution in [3.05, 3.63) is 53.6 Å². The van der Waals surface area contributed by atoms with E-state index in [-0.39, 0.29) is 12.1 Å². The average molecular weight is 352 g/mol. The molecule has 0 bridgehead atoms. The minimum atomic E-state index is -0.176. The Morgan fingerprint density at radius 3 is 2.81 bits per heavy atom. The molecular weight excluding hydrogens is 328 g/mol. The Balaban J connectivity index is 1.39. The summed E-state index contributed by atoms with van der Waals surface area (Å²) in [5, 5.41) is 3.07. The third-order valence-electron chi connectivity index (χ3n) is 5.03. The second-order valence-electron chi connectivity index (χ2n) is 6.96. The van der Waals surface area contributed by atoms with Gasteiger partial charge in [0.25, 0.3) is 0 Å². The summed E-state index contributed by atoms with van der Waals surface area (Å²) in [6.07, 6.45) is 4.37. The van der Waals surface area contributed by atoms with Crippen molar-refractivity contribution in [2.24, 2.45) is 0 Å². The molecule has 136 valence electrons. The Bertz CT molecular complexity index is 806. The van der Waals surface area contributed by atoms with Crippen LogP contribution < -0.4 is 14.8 Å². The fraction of sp³-hybridized carbons (Fsp3) is 0.381. The molecule has 0 radical (unpaired) electrons. The van der Waals surface area contributed by atoms with Crippen LogP contribution in [0.4, 0.5) is 10.5 Å². The predicted molar refractivity (Wildman–Crippen MR) is 101 cm³/mol. The van der Waals surface area contributed by atoms with E-state index in [2.05, 4.69) is 11.4 Å². The Morgan fingerprint density at radius 1 is 1.12 bits per heavy atom. The van der Waals surface area contributed by atoms with E-state index in [1.807, 2.05) is 36.4 Å². The minimum Gasteiger partial charge on any atom is -0.486 e. The van der Waals surface area contributed by atoms with Crippen molar-refractivity contribution in [2.45, 2.75) is 31.8 Å². The van der Waals surface area contributed by atoms with Gasteiger partial charge in [0, 0.05) is 12.7 Å². The van der Waals surface area contributed by atoms with E-state index in [0.29, 0.717) is 13.2 Å².